The van der Waals surface area contributed by atoms with Crippen LogP contribution in [-0.2, 0) is 19.7 Å². The first-order valence-electron chi connectivity index (χ1n) is 10.2. The van der Waals surface area contributed by atoms with Gasteiger partial charge in [0.1, 0.15) is 35.8 Å². The highest BCUT2D eigenvalue weighted by Gasteiger charge is 2.70. The fourth-order valence-corrected chi connectivity index (χ4v) is 5.52. The zero-order valence-corrected chi connectivity index (χ0v) is 17.9. The number of rotatable bonds is 4. The first kappa shape index (κ1) is 20.4. The molecule has 0 amide bonds. The monoisotopic (exact) mass is 413 g/mol. The van der Waals surface area contributed by atoms with Gasteiger partial charge in [0.05, 0.1) is 14.1 Å². The molecule has 0 saturated carbocycles. The summed E-state index contributed by atoms with van der Waals surface area (Å²) in [6.45, 7) is 1.98. The number of esters is 1. The quantitative estimate of drug-likeness (QED) is 0.411. The Hall–Kier alpha value is -1.88. The lowest BCUT2D eigenvalue weighted by molar-refractivity contribution is -0.938. The second-order valence-electron chi connectivity index (χ2n) is 9.18. The van der Waals surface area contributed by atoms with Gasteiger partial charge in [-0.25, -0.2) is 0 Å². The van der Waals surface area contributed by atoms with Crippen molar-refractivity contribution in [2.45, 2.75) is 55.6 Å². The molecule has 5 heteroatoms. The number of ether oxygens (including phenoxy) is 2. The number of likely N-dealkylation sites (N-methyl/N-ethyl adjacent to an activating group) is 1. The van der Waals surface area contributed by atoms with Crippen molar-refractivity contribution in [3.8, 4) is 0 Å². The zero-order chi connectivity index (χ0) is 19.5. The molecular weight excluding hydrogens is 386 g/mol. The van der Waals surface area contributed by atoms with Crippen LogP contribution >= 0.6 is 0 Å². The molecule has 4 nitrogen and oxygen atoms in total. The Morgan fingerprint density at radius 3 is 1.83 bits per heavy atom. The van der Waals surface area contributed by atoms with Gasteiger partial charge in [-0.05, 0) is 18.1 Å². The summed E-state index contributed by atoms with van der Waals surface area (Å²) in [5.74, 6) is -0.156. The molecular formula is C24H28ClNO3. The minimum atomic E-state index is -0.817. The molecule has 2 bridgehead atoms. The summed E-state index contributed by atoms with van der Waals surface area (Å²) >= 11 is 0. The van der Waals surface area contributed by atoms with Crippen LogP contribution in [-0.4, -0.2) is 54.9 Å². The maximum absolute atomic E-state index is 13.6. The van der Waals surface area contributed by atoms with E-state index in [-0.39, 0.29) is 24.5 Å². The first-order valence-corrected chi connectivity index (χ1v) is 10.2. The van der Waals surface area contributed by atoms with Gasteiger partial charge in [0.25, 0.3) is 0 Å². The van der Waals surface area contributed by atoms with E-state index in [0.717, 1.165) is 28.5 Å². The Morgan fingerprint density at radius 2 is 1.38 bits per heavy atom. The third-order valence-corrected chi connectivity index (χ3v) is 7.42. The van der Waals surface area contributed by atoms with E-state index in [9.17, 15) is 4.79 Å². The molecule has 3 aliphatic heterocycles. The van der Waals surface area contributed by atoms with Crippen LogP contribution in [0, 0.1) is 0 Å². The molecule has 5 rings (SSSR count). The average Bonchev–Trinajstić information content (AvgIpc) is 3.47. The van der Waals surface area contributed by atoms with E-state index in [2.05, 4.69) is 14.1 Å². The van der Waals surface area contributed by atoms with E-state index in [0.29, 0.717) is 24.3 Å². The van der Waals surface area contributed by atoms with Gasteiger partial charge >= 0.3 is 5.97 Å². The molecule has 0 N–H and O–H groups in total. The van der Waals surface area contributed by atoms with Crippen molar-refractivity contribution in [1.82, 2.24) is 0 Å². The smallest absolute Gasteiger partial charge is 0.321 e. The number of halogens is 1. The van der Waals surface area contributed by atoms with Crippen LogP contribution < -0.4 is 12.4 Å². The van der Waals surface area contributed by atoms with Crippen molar-refractivity contribution in [3.63, 3.8) is 0 Å². The second kappa shape index (κ2) is 7.12. The molecule has 29 heavy (non-hydrogen) atoms. The minimum Gasteiger partial charge on any atom is -1.00 e. The number of epoxide rings is 1. The molecule has 0 radical (unpaired) electrons. The van der Waals surface area contributed by atoms with E-state index < -0.39 is 5.41 Å². The summed E-state index contributed by atoms with van der Waals surface area (Å²) in [5, 5.41) is 0. The van der Waals surface area contributed by atoms with Gasteiger partial charge in [0.2, 0.25) is 0 Å². The standard InChI is InChI=1S/C24H28NO3.ClH/c1-24(16-10-6-4-7-11-16,17-12-8-5-9-13-17)23(26)27-18-14-19-21-22(28-21)20(15-18)25(19,2)3;/h4-13,18-22H,14-15H2,1-3H3;1H/q+1;/p-1. The number of carbonyl (C=O) groups excluding carboxylic acids is 1. The van der Waals surface area contributed by atoms with Crippen molar-refractivity contribution in [1.29, 1.82) is 0 Å². The largest absolute Gasteiger partial charge is 1.00 e. The fraction of sp³-hybridized carbons (Fsp3) is 0.458. The summed E-state index contributed by atoms with van der Waals surface area (Å²) in [4.78, 5) is 13.6. The van der Waals surface area contributed by atoms with Crippen molar-refractivity contribution in [3.05, 3.63) is 71.8 Å². The SMILES string of the molecule is CC(C(=O)OC1CC2C3OC3C(C1)[N+]2(C)C)(c1ccccc1)c1ccccc1.[Cl-]. The van der Waals surface area contributed by atoms with Crippen LogP contribution in [0.5, 0.6) is 0 Å². The molecule has 0 aliphatic carbocycles. The average molecular weight is 414 g/mol. The van der Waals surface area contributed by atoms with Gasteiger partial charge in [0, 0.05) is 12.8 Å². The summed E-state index contributed by atoms with van der Waals surface area (Å²) < 4.78 is 13.1. The molecule has 2 aromatic carbocycles. The maximum atomic E-state index is 13.6. The van der Waals surface area contributed by atoms with E-state index in [1.807, 2.05) is 67.6 Å². The van der Waals surface area contributed by atoms with Crippen molar-refractivity contribution in [2.75, 3.05) is 14.1 Å². The number of hydrogen-bond acceptors (Lipinski definition) is 3. The summed E-state index contributed by atoms with van der Waals surface area (Å²) in [5.41, 5.74) is 1.11. The fourth-order valence-electron chi connectivity index (χ4n) is 5.52. The van der Waals surface area contributed by atoms with Crippen molar-refractivity contribution < 1.29 is 31.2 Å². The van der Waals surface area contributed by atoms with Crippen LogP contribution in [0.1, 0.15) is 30.9 Å². The summed E-state index contributed by atoms with van der Waals surface area (Å²) in [7, 11) is 4.59. The number of fused-ring (bicyclic) bond motifs is 5. The van der Waals surface area contributed by atoms with Crippen LogP contribution in [0.3, 0.4) is 0 Å². The highest BCUT2D eigenvalue weighted by atomic mass is 35.5. The highest BCUT2D eigenvalue weighted by Crippen LogP contribution is 2.52. The Bertz CT molecular complexity index is 826. The van der Waals surface area contributed by atoms with Crippen LogP contribution in [0.25, 0.3) is 0 Å². The lowest BCUT2D eigenvalue weighted by Crippen LogP contribution is -3.00. The highest BCUT2D eigenvalue weighted by molar-refractivity contribution is 5.87. The van der Waals surface area contributed by atoms with Gasteiger partial charge in [-0.3, -0.25) is 4.79 Å². The number of hydrogen-bond donors (Lipinski definition) is 0. The van der Waals surface area contributed by atoms with Crippen molar-refractivity contribution >= 4 is 5.97 Å². The van der Waals surface area contributed by atoms with Gasteiger partial charge in [-0.15, -0.1) is 0 Å². The van der Waals surface area contributed by atoms with Crippen LogP contribution in [0.2, 0.25) is 0 Å². The summed E-state index contributed by atoms with van der Waals surface area (Å²) in [6.07, 6.45) is 2.46. The number of carbonyl (C=O) groups is 1. The summed E-state index contributed by atoms with van der Waals surface area (Å²) in [6, 6.07) is 20.8. The molecule has 4 unspecified atom stereocenters. The maximum Gasteiger partial charge on any atom is 0.321 e. The normalized spacial score (nSPS) is 31.3. The molecule has 154 valence electrons. The number of nitrogens with zero attached hydrogens (tertiary/aromatic N) is 1. The van der Waals surface area contributed by atoms with Crippen molar-refractivity contribution in [2.24, 2.45) is 0 Å². The third kappa shape index (κ3) is 3.09. The topological polar surface area (TPSA) is 38.8 Å². The number of morpholine rings is 1. The van der Waals surface area contributed by atoms with Gasteiger partial charge in [-0.2, -0.15) is 0 Å². The molecule has 4 atom stereocenters. The number of piperidine rings is 1. The molecule has 0 spiro atoms. The van der Waals surface area contributed by atoms with E-state index in [1.54, 1.807) is 0 Å². The minimum absolute atomic E-state index is 0. The molecule has 2 aromatic rings. The number of benzene rings is 2. The molecule has 3 heterocycles. The van der Waals surface area contributed by atoms with Gasteiger partial charge in [0.15, 0.2) is 0 Å². The van der Waals surface area contributed by atoms with Crippen LogP contribution in [0.15, 0.2) is 60.7 Å². The molecule has 3 aliphatic rings. The molecule has 3 fully saturated rings. The zero-order valence-electron chi connectivity index (χ0n) is 17.1. The molecule has 0 aromatic heterocycles. The Morgan fingerprint density at radius 1 is 0.931 bits per heavy atom. The lowest BCUT2D eigenvalue weighted by Gasteiger charge is -2.45. The van der Waals surface area contributed by atoms with E-state index >= 15 is 0 Å². The second-order valence-corrected chi connectivity index (χ2v) is 9.18. The van der Waals surface area contributed by atoms with E-state index in [1.165, 1.54) is 0 Å². The van der Waals surface area contributed by atoms with Gasteiger partial charge < -0.3 is 26.4 Å². The van der Waals surface area contributed by atoms with Gasteiger partial charge in [-0.1, -0.05) is 60.7 Å². The predicted octanol–water partition coefficient (Wildman–Crippen LogP) is 0.297. The Labute approximate surface area is 178 Å². The lowest BCUT2D eigenvalue weighted by atomic mass is 9.76. The molecule has 3 saturated heterocycles. The van der Waals surface area contributed by atoms with Crippen LogP contribution in [0.4, 0.5) is 0 Å². The predicted molar refractivity (Wildman–Crippen MR) is 107 cm³/mol. The van der Waals surface area contributed by atoms with E-state index in [4.69, 9.17) is 9.47 Å². The first-order chi connectivity index (χ1) is 13.4. The number of quaternary nitrogens is 1. The third-order valence-electron chi connectivity index (χ3n) is 7.42. The Kier molecular flexibility index (Phi) is 5.01. The Balaban J connectivity index is 0.00000205.